The zero-order valence-electron chi connectivity index (χ0n) is 21.8. The lowest BCUT2D eigenvalue weighted by molar-refractivity contribution is -0.137. The number of hydrogen-bond acceptors (Lipinski definition) is 6. The van der Waals surface area contributed by atoms with Gasteiger partial charge in [0.2, 0.25) is 5.91 Å². The van der Waals surface area contributed by atoms with Crippen molar-refractivity contribution in [2.24, 2.45) is 0 Å². The molecule has 1 atom stereocenters. The zero-order chi connectivity index (χ0) is 28.8. The predicted molar refractivity (Wildman–Crippen MR) is 142 cm³/mol. The smallest absolute Gasteiger partial charge is 0.349 e. The molecular weight excluding hydrogens is 545 g/mol. The molecule has 1 N–H and O–H groups in total. The fourth-order valence-electron chi connectivity index (χ4n) is 4.85. The molecule has 8 nitrogen and oxygen atoms in total. The number of nitrogens with zero attached hydrogens (tertiary/aromatic N) is 3. The van der Waals surface area contributed by atoms with Gasteiger partial charge in [0.15, 0.2) is 9.84 Å². The third-order valence-electron chi connectivity index (χ3n) is 7.07. The summed E-state index contributed by atoms with van der Waals surface area (Å²) in [5.41, 5.74) is 1.58. The summed E-state index contributed by atoms with van der Waals surface area (Å²) in [6.45, 7) is 1.86. The van der Waals surface area contributed by atoms with Crippen LogP contribution in [0.1, 0.15) is 48.1 Å². The van der Waals surface area contributed by atoms with Crippen LogP contribution in [-0.2, 0) is 38.7 Å². The highest BCUT2D eigenvalue weighted by Crippen LogP contribution is 2.37. The minimum atomic E-state index is -4.39. The summed E-state index contributed by atoms with van der Waals surface area (Å²) in [6, 6.07) is 12.3. The van der Waals surface area contributed by atoms with Gasteiger partial charge in [-0.25, -0.2) is 13.4 Å². The van der Waals surface area contributed by atoms with E-state index in [1.165, 1.54) is 42.3 Å². The van der Waals surface area contributed by atoms with Crippen molar-refractivity contribution in [1.82, 2.24) is 9.88 Å². The van der Waals surface area contributed by atoms with Gasteiger partial charge >= 0.3 is 6.18 Å². The second-order valence-corrected chi connectivity index (χ2v) is 12.1. The minimum absolute atomic E-state index is 0.115. The maximum absolute atomic E-state index is 13.3. The van der Waals surface area contributed by atoms with Gasteiger partial charge in [-0.15, -0.1) is 0 Å². The van der Waals surface area contributed by atoms with Crippen LogP contribution in [0.5, 0.6) is 0 Å². The SMILES string of the molecule is CC(=O)N1Cc2cc(S(C)(=O)=O)ccc2[C@@H]1C(=O)Nc1ccc(N(Cc2ccc(C(F)(F)F)cc2)C2CC2)nc1. The van der Waals surface area contributed by atoms with E-state index in [0.29, 0.717) is 29.2 Å². The number of pyridine rings is 1. The lowest BCUT2D eigenvalue weighted by Gasteiger charge is -2.25. The highest BCUT2D eigenvalue weighted by Gasteiger charge is 2.38. The normalized spacial score (nSPS) is 16.9. The monoisotopic (exact) mass is 572 g/mol. The van der Waals surface area contributed by atoms with Crippen LogP contribution >= 0.6 is 0 Å². The number of nitrogens with one attached hydrogen (secondary N) is 1. The Bertz CT molecular complexity index is 1550. The third-order valence-corrected chi connectivity index (χ3v) is 8.18. The van der Waals surface area contributed by atoms with Gasteiger partial charge in [0, 0.05) is 32.3 Å². The van der Waals surface area contributed by atoms with E-state index in [0.717, 1.165) is 36.8 Å². The first-order chi connectivity index (χ1) is 18.8. The Kier molecular flexibility index (Phi) is 7.07. The molecule has 1 fully saturated rings. The molecule has 1 aromatic heterocycles. The van der Waals surface area contributed by atoms with E-state index in [-0.39, 0.29) is 23.4 Å². The molecule has 1 saturated carbocycles. The van der Waals surface area contributed by atoms with E-state index < -0.39 is 33.5 Å². The Balaban J connectivity index is 1.32. The van der Waals surface area contributed by atoms with Gasteiger partial charge < -0.3 is 15.1 Å². The van der Waals surface area contributed by atoms with Crippen molar-refractivity contribution < 1.29 is 31.2 Å². The lowest BCUT2D eigenvalue weighted by atomic mass is 10.0. The lowest BCUT2D eigenvalue weighted by Crippen LogP contribution is -2.35. The van der Waals surface area contributed by atoms with Crippen LogP contribution in [0.4, 0.5) is 24.7 Å². The topological polar surface area (TPSA) is 99.7 Å². The van der Waals surface area contributed by atoms with Gasteiger partial charge in [-0.2, -0.15) is 13.2 Å². The van der Waals surface area contributed by atoms with Crippen LogP contribution < -0.4 is 10.2 Å². The molecule has 40 heavy (non-hydrogen) atoms. The number of anilines is 2. The molecule has 1 aliphatic heterocycles. The van der Waals surface area contributed by atoms with E-state index >= 15 is 0 Å². The molecule has 2 heterocycles. The van der Waals surface area contributed by atoms with Gasteiger partial charge in [0.05, 0.1) is 22.3 Å². The van der Waals surface area contributed by atoms with Crippen molar-refractivity contribution in [2.75, 3.05) is 16.5 Å². The summed E-state index contributed by atoms with van der Waals surface area (Å²) < 4.78 is 62.7. The Morgan fingerprint density at radius 3 is 2.33 bits per heavy atom. The Morgan fingerprint density at radius 1 is 1.07 bits per heavy atom. The zero-order valence-corrected chi connectivity index (χ0v) is 22.6. The fraction of sp³-hybridized carbons (Fsp3) is 0.321. The first kappa shape index (κ1) is 27.6. The quantitative estimate of drug-likeness (QED) is 0.440. The van der Waals surface area contributed by atoms with Crippen LogP contribution in [0.15, 0.2) is 65.7 Å². The average molecular weight is 573 g/mol. The Morgan fingerprint density at radius 2 is 1.77 bits per heavy atom. The fourth-order valence-corrected chi connectivity index (χ4v) is 5.53. The summed E-state index contributed by atoms with van der Waals surface area (Å²) in [4.78, 5) is 33.7. The highest BCUT2D eigenvalue weighted by atomic mass is 32.2. The van der Waals surface area contributed by atoms with Crippen molar-refractivity contribution in [3.63, 3.8) is 0 Å². The molecule has 1 aliphatic carbocycles. The van der Waals surface area contributed by atoms with Crippen LogP contribution in [-0.4, -0.2) is 42.4 Å². The molecule has 3 aromatic rings. The molecule has 0 radical (unpaired) electrons. The third kappa shape index (κ3) is 5.81. The molecule has 0 spiro atoms. The molecule has 0 bridgehead atoms. The van der Waals surface area contributed by atoms with Crippen LogP contribution in [0.25, 0.3) is 0 Å². The summed E-state index contributed by atoms with van der Waals surface area (Å²) in [6.07, 6.45) is 0.0997. The van der Waals surface area contributed by atoms with Crippen molar-refractivity contribution in [2.45, 2.75) is 56.0 Å². The van der Waals surface area contributed by atoms with E-state index in [2.05, 4.69) is 10.3 Å². The second-order valence-electron chi connectivity index (χ2n) is 10.1. The molecule has 2 aromatic carbocycles. The molecule has 2 aliphatic rings. The molecular formula is C28H27F3N4O4S. The molecule has 5 rings (SSSR count). The number of fused-ring (bicyclic) bond motifs is 1. The number of amides is 2. The number of benzene rings is 2. The van der Waals surface area contributed by atoms with Gasteiger partial charge in [-0.1, -0.05) is 18.2 Å². The maximum Gasteiger partial charge on any atom is 0.416 e. The largest absolute Gasteiger partial charge is 0.416 e. The van der Waals surface area contributed by atoms with Gasteiger partial charge in [-0.05, 0) is 65.9 Å². The summed E-state index contributed by atoms with van der Waals surface area (Å²) in [5.74, 6) is -0.154. The number of carbonyl (C=O) groups excluding carboxylic acids is 2. The number of carbonyl (C=O) groups is 2. The summed E-state index contributed by atoms with van der Waals surface area (Å²) in [7, 11) is -3.45. The predicted octanol–water partition coefficient (Wildman–Crippen LogP) is 4.71. The van der Waals surface area contributed by atoms with Crippen molar-refractivity contribution in [3.05, 3.63) is 83.0 Å². The van der Waals surface area contributed by atoms with Gasteiger partial charge in [-0.3, -0.25) is 9.59 Å². The Labute approximate surface area is 229 Å². The first-order valence-corrected chi connectivity index (χ1v) is 14.5. The van der Waals surface area contributed by atoms with Crippen molar-refractivity contribution in [1.29, 1.82) is 0 Å². The number of rotatable bonds is 7. The minimum Gasteiger partial charge on any atom is -0.349 e. The standard InChI is InChI=1S/C28H27F3N4O4S/c1-17(36)34-16-19-13-23(40(2,38)39)10-11-24(19)26(34)27(37)33-21-7-12-25(32-14-21)35(22-8-9-22)15-18-3-5-20(6-4-18)28(29,30)31/h3-7,10-14,22,26H,8-9,15-16H2,1-2H3,(H,33,37)/t26-/m1/s1. The first-order valence-electron chi connectivity index (χ1n) is 12.6. The van der Waals surface area contributed by atoms with Crippen molar-refractivity contribution in [3.8, 4) is 0 Å². The number of alkyl halides is 3. The summed E-state index contributed by atoms with van der Waals surface area (Å²) in [5, 5.41) is 2.80. The van der Waals surface area contributed by atoms with Crippen LogP contribution in [0.2, 0.25) is 0 Å². The second kappa shape index (κ2) is 10.2. The molecule has 0 saturated heterocycles. The van der Waals surface area contributed by atoms with E-state index in [4.69, 9.17) is 0 Å². The molecule has 0 unspecified atom stereocenters. The highest BCUT2D eigenvalue weighted by molar-refractivity contribution is 7.90. The molecule has 2 amide bonds. The summed E-state index contributed by atoms with van der Waals surface area (Å²) >= 11 is 0. The molecule has 210 valence electrons. The molecule has 12 heteroatoms. The number of aromatic nitrogens is 1. The number of halogens is 3. The van der Waals surface area contributed by atoms with E-state index in [1.807, 2.05) is 4.90 Å². The van der Waals surface area contributed by atoms with Crippen molar-refractivity contribution >= 4 is 33.2 Å². The van der Waals surface area contributed by atoms with Gasteiger partial charge in [0.25, 0.3) is 5.91 Å². The number of sulfone groups is 1. The van der Waals surface area contributed by atoms with E-state index in [1.54, 1.807) is 18.2 Å². The average Bonchev–Trinajstić information content (AvgIpc) is 3.65. The van der Waals surface area contributed by atoms with Crippen LogP contribution in [0.3, 0.4) is 0 Å². The maximum atomic E-state index is 13.3. The van der Waals surface area contributed by atoms with Crippen LogP contribution in [0, 0.1) is 0 Å². The Hall–Kier alpha value is -3.93. The van der Waals surface area contributed by atoms with E-state index in [9.17, 15) is 31.2 Å². The number of hydrogen-bond donors (Lipinski definition) is 1. The van der Waals surface area contributed by atoms with Gasteiger partial charge in [0.1, 0.15) is 11.9 Å².